The topological polar surface area (TPSA) is 190 Å². The molecule has 0 aliphatic rings. The number of nitro groups is 2. The molecule has 0 heterocycles. The van der Waals surface area contributed by atoms with Gasteiger partial charge in [-0.25, -0.2) is 5.43 Å². The van der Waals surface area contributed by atoms with Gasteiger partial charge in [0.25, 0.3) is 23.2 Å². The van der Waals surface area contributed by atoms with Crippen molar-refractivity contribution in [3.05, 3.63) is 72.2 Å². The van der Waals surface area contributed by atoms with Gasteiger partial charge in [-0.15, -0.1) is 0 Å². The fourth-order valence-electron chi connectivity index (χ4n) is 2.95. The normalized spacial score (nSPS) is 11.5. The van der Waals surface area contributed by atoms with E-state index in [1.54, 1.807) is 18.2 Å². The van der Waals surface area contributed by atoms with Crippen LogP contribution in [0.2, 0.25) is 0 Å². The van der Waals surface area contributed by atoms with Gasteiger partial charge in [0.1, 0.15) is 17.9 Å². The second-order valence-corrected chi connectivity index (χ2v) is 8.63. The number of nitriles is 1. The van der Waals surface area contributed by atoms with Crippen LogP contribution in [0.3, 0.4) is 0 Å². The molecule has 0 bridgehead atoms. The molecule has 0 aromatic heterocycles. The highest BCUT2D eigenvalue weighted by atomic mass is 79.9. The van der Waals surface area contributed by atoms with Crippen LogP contribution in [0, 0.1) is 37.5 Å². The summed E-state index contributed by atoms with van der Waals surface area (Å²) in [4.78, 5) is 45.9. The van der Waals surface area contributed by atoms with Gasteiger partial charge >= 0.3 is 0 Å². The monoisotopic (exact) mass is 560 g/mol. The number of nitro benzene ring substituents is 2. The number of hydrogen-bond acceptors (Lipinski definition) is 9. The van der Waals surface area contributed by atoms with Gasteiger partial charge in [-0.05, 0) is 52.0 Å². The largest absolute Gasteiger partial charge is 0.478 e. The average Bonchev–Trinajstić information content (AvgIpc) is 2.82. The molecule has 2 amide bonds. The van der Waals surface area contributed by atoms with E-state index in [4.69, 9.17) is 10.00 Å². The molecule has 0 fully saturated rings. The summed E-state index contributed by atoms with van der Waals surface area (Å²) < 4.78 is 5.80. The Bertz CT molecular complexity index is 1210. The number of nitrogens with zero attached hydrogens (tertiary/aromatic N) is 4. The first kappa shape index (κ1) is 27.9. The number of ether oxygens (including phenoxy) is 1. The van der Waals surface area contributed by atoms with E-state index in [-0.39, 0.29) is 24.5 Å². The number of rotatable bonds is 11. The molecule has 2 aromatic rings. The second kappa shape index (κ2) is 12.9. The van der Waals surface area contributed by atoms with Crippen molar-refractivity contribution in [1.29, 1.82) is 5.26 Å². The van der Waals surface area contributed by atoms with Crippen LogP contribution >= 0.6 is 15.9 Å². The molecule has 2 aromatic carbocycles. The van der Waals surface area contributed by atoms with E-state index in [2.05, 4.69) is 31.8 Å². The second-order valence-electron chi connectivity index (χ2n) is 7.78. The highest BCUT2D eigenvalue weighted by Crippen LogP contribution is 2.25. The van der Waals surface area contributed by atoms with E-state index in [1.165, 1.54) is 6.21 Å². The summed E-state index contributed by atoms with van der Waals surface area (Å²) in [5.74, 6) is -1.11. The number of non-ortho nitro benzene ring substituents is 2. The van der Waals surface area contributed by atoms with E-state index in [1.807, 2.05) is 19.9 Å². The summed E-state index contributed by atoms with van der Waals surface area (Å²) in [5.41, 5.74) is 1.35. The van der Waals surface area contributed by atoms with Gasteiger partial charge in [0.05, 0.1) is 32.2 Å². The van der Waals surface area contributed by atoms with Crippen molar-refractivity contribution in [2.75, 3.05) is 6.61 Å². The lowest BCUT2D eigenvalue weighted by Crippen LogP contribution is -2.46. The van der Waals surface area contributed by atoms with Gasteiger partial charge in [0, 0.05) is 12.1 Å². The first-order valence-corrected chi connectivity index (χ1v) is 11.2. The quantitative estimate of drug-likeness (QED) is 0.237. The Morgan fingerprint density at radius 2 is 1.81 bits per heavy atom. The summed E-state index contributed by atoms with van der Waals surface area (Å²) in [6.07, 6.45) is 1.56. The fraction of sp³-hybridized carbons (Fsp3) is 0.273. The van der Waals surface area contributed by atoms with Crippen molar-refractivity contribution in [3.8, 4) is 11.8 Å². The van der Waals surface area contributed by atoms with Crippen LogP contribution in [-0.2, 0) is 4.79 Å². The lowest BCUT2D eigenvalue weighted by atomic mass is 10.0. The Balaban J connectivity index is 2.15. The number of hydrazone groups is 1. The number of carbonyl (C=O) groups excluding carboxylic acids is 2. The Labute approximate surface area is 213 Å². The van der Waals surface area contributed by atoms with E-state index < -0.39 is 39.1 Å². The number of halogens is 1. The van der Waals surface area contributed by atoms with Gasteiger partial charge in [0.2, 0.25) is 0 Å². The van der Waals surface area contributed by atoms with Crippen LogP contribution in [0.4, 0.5) is 11.4 Å². The summed E-state index contributed by atoms with van der Waals surface area (Å²) in [7, 11) is 0. The third-order valence-corrected chi connectivity index (χ3v) is 5.17. The molecule has 36 heavy (non-hydrogen) atoms. The lowest BCUT2D eigenvalue weighted by Gasteiger charge is -2.19. The lowest BCUT2D eigenvalue weighted by molar-refractivity contribution is -0.394. The summed E-state index contributed by atoms with van der Waals surface area (Å²) >= 11 is 3.31. The Morgan fingerprint density at radius 3 is 2.33 bits per heavy atom. The van der Waals surface area contributed by atoms with Crippen molar-refractivity contribution < 1.29 is 24.2 Å². The first-order chi connectivity index (χ1) is 17.0. The van der Waals surface area contributed by atoms with Crippen LogP contribution in [0.5, 0.6) is 5.75 Å². The molecule has 13 nitrogen and oxygen atoms in total. The number of nitrogens with one attached hydrogen (secondary N) is 2. The molecule has 0 saturated carbocycles. The number of carbonyl (C=O) groups is 2. The highest BCUT2D eigenvalue weighted by molar-refractivity contribution is 9.10. The maximum atomic E-state index is 12.7. The molecular weight excluding hydrogens is 540 g/mol. The molecule has 0 aliphatic heterocycles. The van der Waals surface area contributed by atoms with Gasteiger partial charge in [0.15, 0.2) is 6.61 Å². The Kier molecular flexibility index (Phi) is 9.99. The highest BCUT2D eigenvalue weighted by Gasteiger charge is 2.25. The van der Waals surface area contributed by atoms with Gasteiger partial charge in [-0.2, -0.15) is 10.4 Å². The molecule has 0 saturated heterocycles. The van der Waals surface area contributed by atoms with Crippen molar-refractivity contribution in [1.82, 2.24) is 10.7 Å². The van der Waals surface area contributed by atoms with Crippen molar-refractivity contribution in [2.24, 2.45) is 11.0 Å². The standard InChI is InChI=1S/C22H21BrN6O7/c1-13(2)7-19(26-21(30)15-9-16(28(32)33)11-17(10-15)29(34)35)22(31)27-25-12-14-3-4-20(18(23)8-14)36-6-5-24/h3-4,8-13,19H,6-7H2,1-2H3,(H,26,30)(H,27,31)/b25-12-/t19-/m1/s1. The van der Waals surface area contributed by atoms with Crippen molar-refractivity contribution in [2.45, 2.75) is 26.3 Å². The molecule has 0 spiro atoms. The molecule has 2 rings (SSSR count). The third-order valence-electron chi connectivity index (χ3n) is 4.55. The van der Waals surface area contributed by atoms with Crippen molar-refractivity contribution in [3.63, 3.8) is 0 Å². The molecule has 1 atom stereocenters. The minimum Gasteiger partial charge on any atom is -0.478 e. The summed E-state index contributed by atoms with van der Waals surface area (Å²) in [6, 6.07) is 8.25. The zero-order valence-electron chi connectivity index (χ0n) is 19.1. The predicted octanol–water partition coefficient (Wildman–Crippen LogP) is 3.46. The fourth-order valence-corrected chi connectivity index (χ4v) is 3.47. The van der Waals surface area contributed by atoms with Crippen LogP contribution in [0.1, 0.15) is 36.2 Å². The summed E-state index contributed by atoms with van der Waals surface area (Å²) in [5, 5.41) is 37.1. The molecule has 14 heteroatoms. The number of benzene rings is 2. The number of amides is 2. The van der Waals surface area contributed by atoms with E-state index in [0.717, 1.165) is 18.2 Å². The van der Waals surface area contributed by atoms with E-state index in [9.17, 15) is 29.8 Å². The van der Waals surface area contributed by atoms with Gasteiger partial charge in [-0.1, -0.05) is 13.8 Å². The zero-order chi connectivity index (χ0) is 26.8. The van der Waals surface area contributed by atoms with Gasteiger partial charge in [-0.3, -0.25) is 29.8 Å². The maximum absolute atomic E-state index is 12.7. The van der Waals surface area contributed by atoms with E-state index in [0.29, 0.717) is 15.8 Å². The van der Waals surface area contributed by atoms with Gasteiger partial charge < -0.3 is 10.1 Å². The number of hydrogen-bond donors (Lipinski definition) is 2. The first-order valence-electron chi connectivity index (χ1n) is 10.4. The van der Waals surface area contributed by atoms with Crippen LogP contribution in [0.15, 0.2) is 46.0 Å². The summed E-state index contributed by atoms with van der Waals surface area (Å²) in [6.45, 7) is 3.53. The Hall–Kier alpha value is -4.38. The van der Waals surface area contributed by atoms with Crippen LogP contribution < -0.4 is 15.5 Å². The Morgan fingerprint density at radius 1 is 1.17 bits per heavy atom. The minimum absolute atomic E-state index is 0.0265. The molecule has 188 valence electrons. The average molecular weight is 561 g/mol. The molecule has 0 radical (unpaired) electrons. The zero-order valence-corrected chi connectivity index (χ0v) is 20.7. The maximum Gasteiger partial charge on any atom is 0.277 e. The predicted molar refractivity (Wildman–Crippen MR) is 131 cm³/mol. The third kappa shape index (κ3) is 8.13. The molecule has 2 N–H and O–H groups in total. The molecule has 0 unspecified atom stereocenters. The molecule has 0 aliphatic carbocycles. The van der Waals surface area contributed by atoms with Crippen molar-refractivity contribution >= 4 is 45.3 Å². The smallest absolute Gasteiger partial charge is 0.277 e. The van der Waals surface area contributed by atoms with E-state index >= 15 is 0 Å². The minimum atomic E-state index is -1.07. The van der Waals surface area contributed by atoms with Crippen LogP contribution in [-0.4, -0.2) is 40.5 Å². The van der Waals surface area contributed by atoms with Crippen LogP contribution in [0.25, 0.3) is 0 Å². The molecular formula is C22H21BrN6O7. The SMILES string of the molecule is CC(C)C[C@@H](NC(=O)c1cc([N+](=O)[O-])cc([N+](=O)[O-])c1)C(=O)N/N=C\c1ccc(OCC#N)c(Br)c1.